The van der Waals surface area contributed by atoms with Gasteiger partial charge in [-0.15, -0.1) is 0 Å². The number of aliphatic hydroxyl groups is 2. The van der Waals surface area contributed by atoms with Gasteiger partial charge in [-0.25, -0.2) is 4.79 Å². The molecule has 0 saturated heterocycles. The Balaban J connectivity index is 2.93. The molecule has 57 heavy (non-hydrogen) atoms. The minimum atomic E-state index is -1.79. The van der Waals surface area contributed by atoms with E-state index < -0.39 is 115 Å². The third-order valence-electron chi connectivity index (χ3n) is 7.93. The van der Waals surface area contributed by atoms with Crippen LogP contribution in [0.4, 0.5) is 0 Å². The van der Waals surface area contributed by atoms with Gasteiger partial charge in [0.1, 0.15) is 36.3 Å². The summed E-state index contributed by atoms with van der Waals surface area (Å²) in [5, 5.41) is 42.4. The van der Waals surface area contributed by atoms with Crippen LogP contribution in [0.25, 0.3) is 0 Å². The van der Waals surface area contributed by atoms with Crippen LogP contribution in [0.3, 0.4) is 0 Å². The lowest BCUT2D eigenvalue weighted by atomic mass is 10.0. The molecule has 0 bridgehead atoms. The Morgan fingerprint density at radius 1 is 0.632 bits per heavy atom. The van der Waals surface area contributed by atoms with Gasteiger partial charge in [0.05, 0.1) is 25.7 Å². The molecule has 1 aromatic rings. The molecule has 0 aliphatic heterocycles. The lowest BCUT2D eigenvalue weighted by molar-refractivity contribution is -0.142. The zero-order valence-corrected chi connectivity index (χ0v) is 31.1. The SMILES string of the molecule is C[C@H](NC(=O)[C@H](CO)NC(=O)[C@H](CCC(N)=O)NC(=O)[C@@H](N)Cc1ccccc1)C(=O)N[C@@H](CO)C(=O)N[C@@H](CC(N)=O)C(=O)N[C@@H](CCCN=C(N)N)C(=O)O. The number of primary amides is 2. The number of nitrogens with one attached hydrogen (secondary N) is 6. The number of hydrogen-bond acceptors (Lipinski definition) is 13. The first-order chi connectivity index (χ1) is 26.8. The molecule has 0 saturated carbocycles. The Kier molecular flexibility index (Phi) is 21.2. The topological polar surface area (TPSA) is 429 Å². The van der Waals surface area contributed by atoms with Gasteiger partial charge in [0.2, 0.25) is 47.3 Å². The summed E-state index contributed by atoms with van der Waals surface area (Å²) in [5.41, 5.74) is 27.6. The first-order valence-corrected chi connectivity index (χ1v) is 17.5. The Hall–Kier alpha value is -6.40. The van der Waals surface area contributed by atoms with Crippen molar-refractivity contribution in [3.05, 3.63) is 35.9 Å². The molecule has 7 atom stereocenters. The maximum Gasteiger partial charge on any atom is 0.326 e. The summed E-state index contributed by atoms with van der Waals surface area (Å²) in [6, 6.07) is -2.03. The van der Waals surface area contributed by atoms with Gasteiger partial charge in [-0.05, 0) is 38.2 Å². The molecule has 316 valence electrons. The van der Waals surface area contributed by atoms with E-state index in [9.17, 15) is 58.5 Å². The Bertz CT molecular complexity index is 1610. The summed E-state index contributed by atoms with van der Waals surface area (Å²) in [4.78, 5) is 116. The number of aliphatic imine (C=N–C) groups is 1. The molecule has 24 nitrogen and oxygen atoms in total. The number of rotatable bonds is 26. The van der Waals surface area contributed by atoms with E-state index in [0.29, 0.717) is 0 Å². The van der Waals surface area contributed by atoms with Crippen molar-refractivity contribution in [1.29, 1.82) is 0 Å². The highest BCUT2D eigenvalue weighted by atomic mass is 16.4. The number of nitrogens with two attached hydrogens (primary N) is 5. The molecule has 1 aromatic carbocycles. The summed E-state index contributed by atoms with van der Waals surface area (Å²) in [6.45, 7) is -0.879. The van der Waals surface area contributed by atoms with E-state index in [0.717, 1.165) is 12.5 Å². The maximum atomic E-state index is 13.1. The minimum absolute atomic E-state index is 0.0412. The monoisotopic (exact) mass is 808 g/mol. The smallest absolute Gasteiger partial charge is 0.326 e. The molecule has 0 unspecified atom stereocenters. The number of guanidine groups is 1. The van der Waals surface area contributed by atoms with Crippen molar-refractivity contribution in [3.63, 3.8) is 0 Å². The second-order valence-electron chi connectivity index (χ2n) is 12.7. The van der Waals surface area contributed by atoms with Crippen LogP contribution in [-0.4, -0.2) is 137 Å². The Morgan fingerprint density at radius 2 is 1.12 bits per heavy atom. The molecule has 0 aliphatic carbocycles. The lowest BCUT2D eigenvalue weighted by Crippen LogP contribution is -2.60. The van der Waals surface area contributed by atoms with Crippen molar-refractivity contribution in [2.75, 3.05) is 19.8 Å². The highest BCUT2D eigenvalue weighted by Gasteiger charge is 2.33. The van der Waals surface area contributed by atoms with Gasteiger partial charge in [-0.3, -0.25) is 43.3 Å². The molecule has 8 amide bonds. The summed E-state index contributed by atoms with van der Waals surface area (Å²) in [5.74, 6) is -9.86. The van der Waals surface area contributed by atoms with E-state index in [1.165, 1.54) is 0 Å². The van der Waals surface area contributed by atoms with Crippen molar-refractivity contribution < 1.29 is 58.5 Å². The average molecular weight is 809 g/mol. The number of carboxylic acid groups (broad SMARTS) is 1. The highest BCUT2D eigenvalue weighted by Crippen LogP contribution is 2.06. The quantitative estimate of drug-likeness (QED) is 0.0235. The van der Waals surface area contributed by atoms with Crippen LogP contribution in [0.15, 0.2) is 35.3 Å². The molecule has 0 fully saturated rings. The third kappa shape index (κ3) is 18.7. The summed E-state index contributed by atoms with van der Waals surface area (Å²) in [6.07, 6.45) is -1.36. The lowest BCUT2D eigenvalue weighted by Gasteiger charge is -2.25. The summed E-state index contributed by atoms with van der Waals surface area (Å²) in [7, 11) is 0. The minimum Gasteiger partial charge on any atom is -0.480 e. The number of nitrogens with zero attached hydrogens (tertiary/aromatic N) is 1. The van der Waals surface area contributed by atoms with Gasteiger partial charge in [0.15, 0.2) is 5.96 Å². The number of benzene rings is 1. The maximum absolute atomic E-state index is 13.1. The first kappa shape index (κ1) is 48.6. The average Bonchev–Trinajstić information content (AvgIpc) is 3.14. The van der Waals surface area contributed by atoms with Gasteiger partial charge in [0.25, 0.3) is 0 Å². The number of carbonyl (C=O) groups excluding carboxylic acids is 8. The van der Waals surface area contributed by atoms with Crippen LogP contribution in [0.2, 0.25) is 0 Å². The van der Waals surface area contributed by atoms with Gasteiger partial charge < -0.3 is 75.9 Å². The van der Waals surface area contributed by atoms with Crippen molar-refractivity contribution in [2.24, 2.45) is 33.7 Å². The molecule has 0 heterocycles. The predicted molar refractivity (Wildman–Crippen MR) is 199 cm³/mol. The first-order valence-electron chi connectivity index (χ1n) is 17.5. The third-order valence-corrected chi connectivity index (χ3v) is 7.93. The number of amides is 8. The molecule has 0 spiro atoms. The molecule has 0 aliphatic rings. The fourth-order valence-electron chi connectivity index (χ4n) is 4.85. The molecular weight excluding hydrogens is 756 g/mol. The number of hydrogen-bond donors (Lipinski definition) is 14. The Morgan fingerprint density at radius 3 is 1.65 bits per heavy atom. The number of carboxylic acids is 1. The number of carbonyl (C=O) groups is 9. The normalized spacial score (nSPS) is 14.4. The van der Waals surface area contributed by atoms with Crippen LogP contribution >= 0.6 is 0 Å². The molecule has 0 aromatic heterocycles. The zero-order valence-electron chi connectivity index (χ0n) is 31.1. The van der Waals surface area contributed by atoms with Crippen LogP contribution in [-0.2, 0) is 49.6 Å². The van der Waals surface area contributed by atoms with Crippen LogP contribution in [0, 0.1) is 0 Å². The molecular formula is C33H52N12O12. The van der Waals surface area contributed by atoms with E-state index in [4.69, 9.17) is 28.7 Å². The second-order valence-corrected chi connectivity index (χ2v) is 12.7. The zero-order chi connectivity index (χ0) is 43.2. The van der Waals surface area contributed by atoms with Gasteiger partial charge in [0, 0.05) is 13.0 Å². The van der Waals surface area contributed by atoms with Crippen LogP contribution in [0.5, 0.6) is 0 Å². The Labute approximate surface area is 326 Å². The summed E-state index contributed by atoms with van der Waals surface area (Å²) >= 11 is 0. The molecule has 19 N–H and O–H groups in total. The van der Waals surface area contributed by atoms with Gasteiger partial charge in [-0.2, -0.15) is 0 Å². The van der Waals surface area contributed by atoms with E-state index in [2.05, 4.69) is 36.9 Å². The highest BCUT2D eigenvalue weighted by molar-refractivity contribution is 5.98. The van der Waals surface area contributed by atoms with Crippen LogP contribution in [0.1, 0.15) is 44.6 Å². The van der Waals surface area contributed by atoms with Crippen LogP contribution < -0.4 is 60.6 Å². The second kappa shape index (κ2) is 24.9. The molecule has 1 rings (SSSR count). The van der Waals surface area contributed by atoms with E-state index in [1.54, 1.807) is 30.3 Å². The molecule has 24 heteroatoms. The predicted octanol–water partition coefficient (Wildman–Crippen LogP) is -7.25. The van der Waals surface area contributed by atoms with Crippen molar-refractivity contribution >= 4 is 59.2 Å². The largest absolute Gasteiger partial charge is 0.480 e. The van der Waals surface area contributed by atoms with Gasteiger partial charge in [-0.1, -0.05) is 30.3 Å². The fraction of sp³-hybridized carbons (Fsp3) is 0.515. The number of aliphatic carboxylic acids is 1. The van der Waals surface area contributed by atoms with Gasteiger partial charge >= 0.3 is 5.97 Å². The van der Waals surface area contributed by atoms with Crippen molar-refractivity contribution in [2.45, 2.75) is 87.7 Å². The standard InChI is InChI=1S/C33H52N12O12/c1-16(26(50)44-23(15-47)31(55)43-21(13-25(36)49)29(53)42-20(32(56)57)8-5-11-39-33(37)38)40-30(54)22(14-46)45-28(52)19(9-10-24(35)48)41-27(51)18(34)12-17-6-3-2-4-7-17/h2-4,6-7,16,18-23,46-47H,5,8-15,34H2,1H3,(H2,35,48)(H2,36,49)(H,40,54)(H,41,51)(H,42,53)(H,43,55)(H,44,50)(H,45,52)(H,56,57)(H4,37,38,39)/t16-,18-,19-,20-,21-,22-,23-/m0/s1. The van der Waals surface area contributed by atoms with E-state index >= 15 is 0 Å². The van der Waals surface area contributed by atoms with E-state index in [1.807, 2.05) is 0 Å². The fourth-order valence-corrected chi connectivity index (χ4v) is 4.85. The number of aliphatic hydroxyl groups excluding tert-OH is 2. The van der Waals surface area contributed by atoms with Crippen molar-refractivity contribution in [3.8, 4) is 0 Å². The molecule has 0 radical (unpaired) electrons. The summed E-state index contributed by atoms with van der Waals surface area (Å²) < 4.78 is 0. The van der Waals surface area contributed by atoms with Crippen molar-refractivity contribution in [1.82, 2.24) is 31.9 Å². The van der Waals surface area contributed by atoms with E-state index in [-0.39, 0.29) is 44.6 Å².